The number of anilines is 1. The first-order chi connectivity index (χ1) is 18.4. The van der Waals surface area contributed by atoms with Crippen LogP contribution in [0.2, 0.25) is 0 Å². The molecule has 2 aliphatic carbocycles. The second-order valence-electron chi connectivity index (χ2n) is 10.6. The van der Waals surface area contributed by atoms with E-state index in [1.807, 2.05) is 30.3 Å². The molecule has 2 aliphatic rings. The van der Waals surface area contributed by atoms with Crippen molar-refractivity contribution in [2.75, 3.05) is 18.9 Å². The fourth-order valence-electron chi connectivity index (χ4n) is 5.34. The topological polar surface area (TPSA) is 118 Å². The first-order valence-electron chi connectivity index (χ1n) is 13.4. The molecule has 8 nitrogen and oxygen atoms in total. The van der Waals surface area contributed by atoms with Gasteiger partial charge in [0.25, 0.3) is 0 Å². The van der Waals surface area contributed by atoms with E-state index in [-0.39, 0.29) is 12.1 Å². The zero-order chi connectivity index (χ0) is 26.5. The Labute approximate surface area is 224 Å². The number of nitrogens with zero attached hydrogens (tertiary/aromatic N) is 3. The fraction of sp³-hybridized carbons (Fsp3) is 0.433. The monoisotopic (exact) mass is 515 g/mol. The second-order valence-corrected chi connectivity index (χ2v) is 10.6. The zero-order valence-corrected chi connectivity index (χ0v) is 22.2. The lowest BCUT2D eigenvalue weighted by molar-refractivity contribution is 0.0781. The number of hydrogen-bond acceptors (Lipinski definition) is 8. The van der Waals surface area contributed by atoms with Gasteiger partial charge in [-0.25, -0.2) is 9.97 Å². The van der Waals surface area contributed by atoms with E-state index in [1.165, 1.54) is 6.33 Å². The number of oxime groups is 1. The summed E-state index contributed by atoms with van der Waals surface area (Å²) in [7, 11) is 0. The van der Waals surface area contributed by atoms with E-state index in [9.17, 15) is 0 Å². The Bertz CT molecular complexity index is 1270. The van der Waals surface area contributed by atoms with E-state index in [2.05, 4.69) is 47.2 Å². The van der Waals surface area contributed by atoms with Gasteiger partial charge in [-0.15, -0.1) is 0 Å². The van der Waals surface area contributed by atoms with E-state index < -0.39 is 5.41 Å². The third-order valence-electron chi connectivity index (χ3n) is 7.41. The minimum absolute atomic E-state index is 0.169. The van der Waals surface area contributed by atoms with Crippen LogP contribution in [-0.2, 0) is 21.6 Å². The van der Waals surface area contributed by atoms with E-state index in [0.717, 1.165) is 71.5 Å². The van der Waals surface area contributed by atoms with Gasteiger partial charge in [-0.3, -0.25) is 0 Å². The van der Waals surface area contributed by atoms with Gasteiger partial charge in [0.15, 0.2) is 0 Å². The Morgan fingerprint density at radius 1 is 0.974 bits per heavy atom. The van der Waals surface area contributed by atoms with Gasteiger partial charge in [0.05, 0.1) is 30.7 Å². The maximum atomic E-state index is 6.38. The number of hydrogen-bond donors (Lipinski definition) is 2. The van der Waals surface area contributed by atoms with Crippen molar-refractivity contribution < 1.29 is 14.3 Å². The van der Waals surface area contributed by atoms with Crippen LogP contribution in [0.5, 0.6) is 5.75 Å². The Balaban J connectivity index is 1.33. The summed E-state index contributed by atoms with van der Waals surface area (Å²) in [6, 6.07) is 16.5. The number of nitrogen functional groups attached to an aromatic ring is 1. The van der Waals surface area contributed by atoms with Gasteiger partial charge < -0.3 is 25.8 Å². The maximum absolute atomic E-state index is 6.38. The molecule has 1 heterocycles. The Morgan fingerprint density at radius 2 is 1.76 bits per heavy atom. The Kier molecular flexibility index (Phi) is 7.90. The molecule has 0 radical (unpaired) electrons. The van der Waals surface area contributed by atoms with Crippen LogP contribution in [0.25, 0.3) is 11.3 Å². The van der Waals surface area contributed by atoms with Crippen LogP contribution in [0.1, 0.15) is 62.6 Å². The average molecular weight is 516 g/mol. The summed E-state index contributed by atoms with van der Waals surface area (Å²) >= 11 is 0. The number of rotatable bonds is 9. The van der Waals surface area contributed by atoms with Gasteiger partial charge in [-0.2, -0.15) is 0 Å². The van der Waals surface area contributed by atoms with Crippen molar-refractivity contribution in [3.8, 4) is 17.0 Å². The molecule has 8 heteroatoms. The van der Waals surface area contributed by atoms with Gasteiger partial charge in [0.2, 0.25) is 0 Å². The second kappa shape index (κ2) is 11.5. The molecule has 1 fully saturated rings. The van der Waals surface area contributed by atoms with Crippen LogP contribution in [-0.4, -0.2) is 41.0 Å². The third kappa shape index (κ3) is 5.66. The first-order valence-corrected chi connectivity index (χ1v) is 13.4. The van der Waals surface area contributed by atoms with E-state index in [0.29, 0.717) is 25.6 Å². The molecule has 0 spiro atoms. The highest BCUT2D eigenvalue weighted by Crippen LogP contribution is 2.45. The van der Waals surface area contributed by atoms with Crippen LogP contribution in [0.15, 0.2) is 60.0 Å². The molecule has 38 heavy (non-hydrogen) atoms. The molecular formula is C30H37N5O3. The molecule has 200 valence electrons. The molecule has 4 N–H and O–H groups in total. The fourth-order valence-corrected chi connectivity index (χ4v) is 5.34. The molecule has 1 aromatic heterocycles. The quantitative estimate of drug-likeness (QED) is 0.304. The lowest BCUT2D eigenvalue weighted by Crippen LogP contribution is -2.36. The van der Waals surface area contributed by atoms with Crippen LogP contribution in [0, 0.1) is 0 Å². The van der Waals surface area contributed by atoms with Gasteiger partial charge in [0.1, 0.15) is 24.5 Å². The minimum atomic E-state index is -0.562. The van der Waals surface area contributed by atoms with E-state index >= 15 is 0 Å². The summed E-state index contributed by atoms with van der Waals surface area (Å²) in [4.78, 5) is 14.7. The van der Waals surface area contributed by atoms with Gasteiger partial charge in [-0.05, 0) is 63.3 Å². The highest BCUT2D eigenvalue weighted by molar-refractivity contribution is 6.15. The Hall–Kier alpha value is -3.49. The highest BCUT2D eigenvalue weighted by Gasteiger charge is 2.41. The lowest BCUT2D eigenvalue weighted by Gasteiger charge is -2.35. The smallest absolute Gasteiger partial charge is 0.131 e. The van der Waals surface area contributed by atoms with Crippen molar-refractivity contribution in [1.82, 2.24) is 9.97 Å². The highest BCUT2D eigenvalue weighted by atomic mass is 16.6. The van der Waals surface area contributed by atoms with Crippen molar-refractivity contribution >= 4 is 11.5 Å². The van der Waals surface area contributed by atoms with Crippen molar-refractivity contribution in [2.45, 2.75) is 70.1 Å². The van der Waals surface area contributed by atoms with Gasteiger partial charge in [0, 0.05) is 34.6 Å². The third-order valence-corrected chi connectivity index (χ3v) is 7.41. The van der Waals surface area contributed by atoms with Gasteiger partial charge >= 0.3 is 0 Å². The number of fused-ring (bicyclic) bond motifs is 3. The normalized spacial score (nSPS) is 21.0. The van der Waals surface area contributed by atoms with Crippen LogP contribution in [0.4, 0.5) is 5.82 Å². The summed E-state index contributed by atoms with van der Waals surface area (Å²) < 4.78 is 12.2. The largest absolute Gasteiger partial charge is 0.490 e. The minimum Gasteiger partial charge on any atom is -0.490 e. The molecule has 2 aromatic carbocycles. The molecule has 5 rings (SSSR count). The van der Waals surface area contributed by atoms with Crippen LogP contribution < -0.4 is 16.2 Å². The molecule has 0 unspecified atom stereocenters. The van der Waals surface area contributed by atoms with E-state index in [4.69, 9.17) is 25.8 Å². The summed E-state index contributed by atoms with van der Waals surface area (Å²) in [6.07, 6.45) is 6.31. The molecule has 0 saturated heterocycles. The average Bonchev–Trinajstić information content (AvgIpc) is 2.91. The predicted molar refractivity (Wildman–Crippen MR) is 149 cm³/mol. The maximum Gasteiger partial charge on any atom is 0.131 e. The zero-order valence-electron chi connectivity index (χ0n) is 22.2. The number of ether oxygens (including phenoxy) is 2. The van der Waals surface area contributed by atoms with Crippen LogP contribution >= 0.6 is 0 Å². The molecular weight excluding hydrogens is 478 g/mol. The first kappa shape index (κ1) is 26.1. The standard InChI is InChI=1S/C30H37N5O3/c1-30(2)26-27(33-19-34-29(26)32)24-14-13-23(38-22-11-9-21(31)10-12-22)17-25(24)28(30)35-37-16-6-15-36-18-20-7-4-3-5-8-20/h3-5,7-8,13-14,17,19,21-22H,6,9-12,15-16,18,31H2,1-2H3,(H2,32,33,34)/b35-28+/t21-,22-. The molecule has 0 bridgehead atoms. The van der Waals surface area contributed by atoms with Crippen molar-refractivity contribution in [3.63, 3.8) is 0 Å². The molecule has 3 aromatic rings. The lowest BCUT2D eigenvalue weighted by atomic mass is 9.70. The van der Waals surface area contributed by atoms with E-state index in [1.54, 1.807) is 0 Å². The van der Waals surface area contributed by atoms with Gasteiger partial charge in [-0.1, -0.05) is 35.5 Å². The summed E-state index contributed by atoms with van der Waals surface area (Å²) in [5.41, 5.74) is 17.4. The summed E-state index contributed by atoms with van der Waals surface area (Å²) in [5.74, 6) is 1.26. The summed E-state index contributed by atoms with van der Waals surface area (Å²) in [6.45, 7) is 5.77. The SMILES string of the molecule is CC1(C)/C(=N/OCCCOCc2ccccc2)c2cc(O[C@H]3CC[C@H](N)CC3)ccc2-c2ncnc(N)c21. The Morgan fingerprint density at radius 3 is 2.55 bits per heavy atom. The van der Waals surface area contributed by atoms with Crippen molar-refractivity contribution in [3.05, 3.63) is 71.5 Å². The molecule has 0 aliphatic heterocycles. The predicted octanol–water partition coefficient (Wildman–Crippen LogP) is 4.99. The number of nitrogens with two attached hydrogens (primary N) is 2. The number of benzene rings is 2. The number of aromatic nitrogens is 2. The summed E-state index contributed by atoms with van der Waals surface area (Å²) in [5, 5.41) is 4.65. The molecule has 0 amide bonds. The van der Waals surface area contributed by atoms with Crippen LogP contribution in [0.3, 0.4) is 0 Å². The van der Waals surface area contributed by atoms with Crippen molar-refractivity contribution in [1.29, 1.82) is 0 Å². The molecule has 0 atom stereocenters. The van der Waals surface area contributed by atoms with Crippen molar-refractivity contribution in [2.24, 2.45) is 10.9 Å². The molecule has 1 saturated carbocycles.